The molecule has 0 aromatic heterocycles. The van der Waals surface area contributed by atoms with Gasteiger partial charge in [-0.2, -0.15) is 0 Å². The lowest BCUT2D eigenvalue weighted by Crippen LogP contribution is -2.24. The summed E-state index contributed by atoms with van der Waals surface area (Å²) in [6.45, 7) is 4.17. The Bertz CT molecular complexity index is 327. The van der Waals surface area contributed by atoms with E-state index >= 15 is 0 Å². The number of nitrogens with two attached hydrogens (primary N) is 1. The molecule has 0 bridgehead atoms. The Morgan fingerprint density at radius 1 is 1.29 bits per heavy atom. The van der Waals surface area contributed by atoms with E-state index in [1.54, 1.807) is 18.9 Å². The predicted octanol–water partition coefficient (Wildman–Crippen LogP) is 2.20. The highest BCUT2D eigenvalue weighted by Crippen LogP contribution is 2.34. The van der Waals surface area contributed by atoms with E-state index in [0.717, 1.165) is 5.75 Å². The number of benzene rings is 1. The van der Waals surface area contributed by atoms with Crippen LogP contribution in [0.3, 0.4) is 0 Å². The van der Waals surface area contributed by atoms with Gasteiger partial charge in [0.25, 0.3) is 0 Å². The molecule has 4 heteroatoms. The highest BCUT2D eigenvalue weighted by atomic mass is 32.2. The first-order chi connectivity index (χ1) is 8.08. The van der Waals surface area contributed by atoms with Gasteiger partial charge in [-0.3, -0.25) is 0 Å². The molecule has 3 nitrogen and oxygen atoms in total. The molecule has 1 aromatic rings. The fraction of sp³-hybridized carbons (Fsp3) is 0.538. The molecule has 0 aliphatic heterocycles. The van der Waals surface area contributed by atoms with Gasteiger partial charge in [0, 0.05) is 16.5 Å². The van der Waals surface area contributed by atoms with Crippen molar-refractivity contribution in [1.29, 1.82) is 0 Å². The second-order valence-electron chi connectivity index (χ2n) is 4.18. The third-order valence-corrected chi connectivity index (χ3v) is 4.17. The van der Waals surface area contributed by atoms with E-state index in [9.17, 15) is 0 Å². The third kappa shape index (κ3) is 4.22. The van der Waals surface area contributed by atoms with Crippen molar-refractivity contribution in [2.75, 3.05) is 13.7 Å². The van der Waals surface area contributed by atoms with Gasteiger partial charge in [-0.05, 0) is 24.6 Å². The Hall–Kier alpha value is -0.710. The monoisotopic (exact) mass is 255 g/mol. The summed E-state index contributed by atoms with van der Waals surface area (Å²) in [5.41, 5.74) is 7.18. The van der Waals surface area contributed by atoms with Crippen molar-refractivity contribution in [3.05, 3.63) is 29.8 Å². The van der Waals surface area contributed by atoms with E-state index in [1.807, 2.05) is 38.1 Å². The number of aliphatic hydroxyl groups excluding tert-OH is 1. The van der Waals surface area contributed by atoms with Crippen molar-refractivity contribution in [3.63, 3.8) is 0 Å². The van der Waals surface area contributed by atoms with Crippen molar-refractivity contribution in [2.24, 2.45) is 5.73 Å². The quantitative estimate of drug-likeness (QED) is 0.818. The van der Waals surface area contributed by atoms with E-state index in [0.29, 0.717) is 0 Å². The van der Waals surface area contributed by atoms with Gasteiger partial charge in [-0.15, -0.1) is 11.8 Å². The van der Waals surface area contributed by atoms with E-state index in [1.165, 1.54) is 5.56 Å². The average molecular weight is 255 g/mol. The summed E-state index contributed by atoms with van der Waals surface area (Å²) < 4.78 is 5.13. The zero-order valence-electron chi connectivity index (χ0n) is 10.6. The van der Waals surface area contributed by atoms with Crippen LogP contribution in [0.25, 0.3) is 0 Å². The molecule has 0 amide bonds. The van der Waals surface area contributed by atoms with Crippen molar-refractivity contribution in [1.82, 2.24) is 0 Å². The molecule has 0 saturated heterocycles. The minimum atomic E-state index is 0.0439. The topological polar surface area (TPSA) is 55.5 Å². The van der Waals surface area contributed by atoms with Crippen LogP contribution < -0.4 is 10.5 Å². The summed E-state index contributed by atoms with van der Waals surface area (Å²) in [4.78, 5) is 0. The molecule has 1 aromatic carbocycles. The number of aliphatic hydroxyl groups is 1. The molecule has 96 valence electrons. The van der Waals surface area contributed by atoms with E-state index in [-0.39, 0.29) is 23.1 Å². The molecule has 0 aliphatic rings. The molecular formula is C13H21NO2S. The van der Waals surface area contributed by atoms with Crippen LogP contribution in [0, 0.1) is 0 Å². The first kappa shape index (κ1) is 14.4. The average Bonchev–Trinajstić information content (AvgIpc) is 2.35. The molecule has 0 saturated carbocycles. The standard InChI is InChI=1S/C13H21NO2S/c1-9(8-15)17-13(10(2)14)11-4-6-12(16-3)7-5-11/h4-7,9-10,13,15H,8,14H2,1-3H3. The lowest BCUT2D eigenvalue weighted by Gasteiger charge is -2.23. The fourth-order valence-electron chi connectivity index (χ4n) is 1.59. The van der Waals surface area contributed by atoms with E-state index in [2.05, 4.69) is 0 Å². The summed E-state index contributed by atoms with van der Waals surface area (Å²) in [6, 6.07) is 7.99. The lowest BCUT2D eigenvalue weighted by atomic mass is 10.1. The van der Waals surface area contributed by atoms with Gasteiger partial charge in [0.2, 0.25) is 0 Å². The Morgan fingerprint density at radius 2 is 1.88 bits per heavy atom. The molecule has 0 radical (unpaired) electrons. The Morgan fingerprint density at radius 3 is 2.29 bits per heavy atom. The highest BCUT2D eigenvalue weighted by Gasteiger charge is 2.19. The second kappa shape index (κ2) is 6.89. The fourth-order valence-corrected chi connectivity index (χ4v) is 2.74. The zero-order valence-corrected chi connectivity index (χ0v) is 11.4. The summed E-state index contributed by atoms with van der Waals surface area (Å²) in [5.74, 6) is 0.845. The predicted molar refractivity (Wildman–Crippen MR) is 73.5 cm³/mol. The number of hydrogen-bond donors (Lipinski definition) is 2. The summed E-state index contributed by atoms with van der Waals surface area (Å²) >= 11 is 1.70. The largest absolute Gasteiger partial charge is 0.497 e. The number of ether oxygens (including phenoxy) is 1. The number of hydrogen-bond acceptors (Lipinski definition) is 4. The Kier molecular flexibility index (Phi) is 5.82. The summed E-state index contributed by atoms with van der Waals surface area (Å²) in [7, 11) is 1.65. The minimum Gasteiger partial charge on any atom is -0.497 e. The van der Waals surface area contributed by atoms with Crippen LogP contribution in [0.5, 0.6) is 5.75 Å². The van der Waals surface area contributed by atoms with Gasteiger partial charge >= 0.3 is 0 Å². The maximum atomic E-state index is 9.11. The van der Waals surface area contributed by atoms with Gasteiger partial charge in [0.15, 0.2) is 0 Å². The van der Waals surface area contributed by atoms with Crippen molar-refractivity contribution >= 4 is 11.8 Å². The molecule has 0 spiro atoms. The number of rotatable bonds is 6. The normalized spacial score (nSPS) is 16.3. The first-order valence-corrected chi connectivity index (χ1v) is 6.68. The van der Waals surface area contributed by atoms with Crippen LogP contribution in [0.2, 0.25) is 0 Å². The van der Waals surface area contributed by atoms with Crippen LogP contribution >= 0.6 is 11.8 Å². The summed E-state index contributed by atoms with van der Waals surface area (Å²) in [5, 5.41) is 9.50. The van der Waals surface area contributed by atoms with Gasteiger partial charge in [-0.25, -0.2) is 0 Å². The molecule has 3 atom stereocenters. The molecule has 0 aliphatic carbocycles. The molecule has 0 heterocycles. The molecule has 17 heavy (non-hydrogen) atoms. The Balaban J connectivity index is 2.81. The smallest absolute Gasteiger partial charge is 0.118 e. The van der Waals surface area contributed by atoms with Crippen LogP contribution in [0.4, 0.5) is 0 Å². The molecule has 1 rings (SSSR count). The Labute approximate surface area is 107 Å². The zero-order chi connectivity index (χ0) is 12.8. The van der Waals surface area contributed by atoms with Crippen molar-refractivity contribution in [2.45, 2.75) is 30.4 Å². The van der Waals surface area contributed by atoms with Gasteiger partial charge < -0.3 is 15.6 Å². The highest BCUT2D eigenvalue weighted by molar-refractivity contribution is 8.00. The van der Waals surface area contributed by atoms with E-state index < -0.39 is 0 Å². The van der Waals surface area contributed by atoms with Gasteiger partial charge in [0.05, 0.1) is 13.7 Å². The molecule has 3 unspecified atom stereocenters. The third-order valence-electron chi connectivity index (χ3n) is 2.56. The van der Waals surface area contributed by atoms with Crippen LogP contribution in [-0.4, -0.2) is 30.1 Å². The molecular weight excluding hydrogens is 234 g/mol. The molecule has 3 N–H and O–H groups in total. The second-order valence-corrected chi connectivity index (χ2v) is 5.77. The summed E-state index contributed by atoms with van der Waals surface area (Å²) in [6.07, 6.45) is 0. The van der Waals surface area contributed by atoms with E-state index in [4.69, 9.17) is 15.6 Å². The number of thioether (sulfide) groups is 1. The minimum absolute atomic E-state index is 0.0439. The first-order valence-electron chi connectivity index (χ1n) is 5.74. The van der Waals surface area contributed by atoms with Crippen LogP contribution in [0.1, 0.15) is 24.7 Å². The SMILES string of the molecule is COc1ccc(C(SC(C)CO)C(C)N)cc1. The van der Waals surface area contributed by atoms with Crippen LogP contribution in [0.15, 0.2) is 24.3 Å². The maximum Gasteiger partial charge on any atom is 0.118 e. The van der Waals surface area contributed by atoms with Crippen molar-refractivity contribution in [3.8, 4) is 5.75 Å². The van der Waals surface area contributed by atoms with Crippen LogP contribution in [-0.2, 0) is 0 Å². The molecule has 0 fully saturated rings. The number of methoxy groups -OCH3 is 1. The lowest BCUT2D eigenvalue weighted by molar-refractivity contribution is 0.299. The van der Waals surface area contributed by atoms with Gasteiger partial charge in [-0.1, -0.05) is 19.1 Å². The maximum absolute atomic E-state index is 9.11. The van der Waals surface area contributed by atoms with Gasteiger partial charge in [0.1, 0.15) is 5.75 Å². The van der Waals surface area contributed by atoms with Crippen molar-refractivity contribution < 1.29 is 9.84 Å².